The Hall–Kier alpha value is -2.84. The number of amides is 2. The average molecular weight is 436 g/mol. The van der Waals surface area contributed by atoms with Crippen LogP contribution in [0.15, 0.2) is 18.2 Å². The molecule has 9 nitrogen and oxygen atoms in total. The van der Waals surface area contributed by atoms with E-state index >= 15 is 0 Å². The molecule has 9 heteroatoms. The van der Waals surface area contributed by atoms with Crippen LogP contribution in [-0.4, -0.2) is 64.1 Å². The van der Waals surface area contributed by atoms with Crippen molar-refractivity contribution in [1.82, 2.24) is 9.80 Å². The molecule has 1 heterocycles. The molecule has 2 amide bonds. The van der Waals surface area contributed by atoms with Crippen LogP contribution in [0.25, 0.3) is 0 Å². The molecular formula is C22H33N3O6. The van der Waals surface area contributed by atoms with Crippen molar-refractivity contribution in [2.45, 2.75) is 65.7 Å². The van der Waals surface area contributed by atoms with Crippen molar-refractivity contribution < 1.29 is 24.0 Å². The highest BCUT2D eigenvalue weighted by Crippen LogP contribution is 2.39. The number of fused-ring (bicyclic) bond motifs is 1. The molecule has 1 aliphatic rings. The van der Waals surface area contributed by atoms with Crippen molar-refractivity contribution in [1.29, 1.82) is 0 Å². The predicted molar refractivity (Wildman–Crippen MR) is 116 cm³/mol. The summed E-state index contributed by atoms with van der Waals surface area (Å²) >= 11 is 0. The standard InChI is InChI=1S/C22H33N3O6/c1-14(2)24-12-15(3)22(7,13-23(8)20(27)31-21(4,5)6)30-18-16(19(24)26)10-9-11-17(18)25(28)29/h9-11,14-15H,12-13H2,1-8H3/t15-,22-/m1/s1. The third-order valence-corrected chi connectivity index (χ3v) is 5.41. The number of carbonyl (C=O) groups excluding carboxylic acids is 2. The first-order valence-corrected chi connectivity index (χ1v) is 10.4. The van der Waals surface area contributed by atoms with Crippen LogP contribution in [0.5, 0.6) is 5.75 Å². The largest absolute Gasteiger partial charge is 0.478 e. The minimum absolute atomic E-state index is 0.0743. The van der Waals surface area contributed by atoms with Gasteiger partial charge in [0, 0.05) is 31.6 Å². The van der Waals surface area contributed by atoms with E-state index < -0.39 is 22.2 Å². The molecule has 0 aliphatic carbocycles. The average Bonchev–Trinajstić information content (AvgIpc) is 2.62. The topological polar surface area (TPSA) is 102 Å². The van der Waals surface area contributed by atoms with Gasteiger partial charge in [0.15, 0.2) is 0 Å². The van der Waals surface area contributed by atoms with Crippen LogP contribution >= 0.6 is 0 Å². The molecular weight excluding hydrogens is 402 g/mol. The van der Waals surface area contributed by atoms with E-state index in [1.165, 1.54) is 23.1 Å². The highest BCUT2D eigenvalue weighted by molar-refractivity contribution is 5.98. The maximum atomic E-state index is 13.2. The normalized spacial score (nSPS) is 21.6. The molecule has 1 aliphatic heterocycles. The van der Waals surface area contributed by atoms with E-state index in [-0.39, 0.29) is 41.4 Å². The summed E-state index contributed by atoms with van der Waals surface area (Å²) in [6, 6.07) is 4.21. The molecule has 0 unspecified atom stereocenters. The second-order valence-corrected chi connectivity index (χ2v) is 9.61. The minimum Gasteiger partial charge on any atom is -0.478 e. The zero-order valence-electron chi connectivity index (χ0n) is 19.6. The second kappa shape index (κ2) is 8.72. The van der Waals surface area contributed by atoms with Crippen LogP contribution in [0.2, 0.25) is 0 Å². The fourth-order valence-electron chi connectivity index (χ4n) is 3.51. The van der Waals surface area contributed by atoms with Gasteiger partial charge in [-0.15, -0.1) is 0 Å². The molecule has 0 saturated carbocycles. The summed E-state index contributed by atoms with van der Waals surface area (Å²) in [7, 11) is 1.60. The summed E-state index contributed by atoms with van der Waals surface area (Å²) in [5.74, 6) is -0.630. The van der Waals surface area contributed by atoms with E-state index in [1.807, 2.05) is 20.8 Å². The van der Waals surface area contributed by atoms with Gasteiger partial charge in [0.05, 0.1) is 17.0 Å². The van der Waals surface area contributed by atoms with Gasteiger partial charge in [-0.05, 0) is 47.6 Å². The van der Waals surface area contributed by atoms with E-state index in [4.69, 9.17) is 9.47 Å². The number of carbonyl (C=O) groups is 2. The van der Waals surface area contributed by atoms with Crippen molar-refractivity contribution in [3.8, 4) is 5.75 Å². The molecule has 2 rings (SSSR count). The van der Waals surface area contributed by atoms with Gasteiger partial charge in [-0.3, -0.25) is 14.9 Å². The Morgan fingerprint density at radius 3 is 2.55 bits per heavy atom. The smallest absolute Gasteiger partial charge is 0.410 e. The van der Waals surface area contributed by atoms with Gasteiger partial charge < -0.3 is 19.3 Å². The minimum atomic E-state index is -1.01. The van der Waals surface area contributed by atoms with Gasteiger partial charge in [0.25, 0.3) is 5.91 Å². The third kappa shape index (κ3) is 5.45. The first-order valence-electron chi connectivity index (χ1n) is 10.4. The van der Waals surface area contributed by atoms with E-state index in [9.17, 15) is 19.7 Å². The molecule has 1 aromatic carbocycles. The quantitative estimate of drug-likeness (QED) is 0.521. The predicted octanol–water partition coefficient (Wildman–Crippen LogP) is 4.10. The Labute approximate surface area is 183 Å². The fraction of sp³-hybridized carbons (Fsp3) is 0.636. The Balaban J connectivity index is 2.54. The lowest BCUT2D eigenvalue weighted by molar-refractivity contribution is -0.386. The molecule has 0 radical (unpaired) electrons. The molecule has 1 aromatic rings. The number of hydrogen-bond acceptors (Lipinski definition) is 6. The Morgan fingerprint density at radius 1 is 1.42 bits per heavy atom. The van der Waals surface area contributed by atoms with E-state index in [0.717, 1.165) is 0 Å². The van der Waals surface area contributed by atoms with Gasteiger partial charge >= 0.3 is 11.8 Å². The van der Waals surface area contributed by atoms with Crippen molar-refractivity contribution >= 4 is 17.7 Å². The highest BCUT2D eigenvalue weighted by Gasteiger charge is 2.43. The number of para-hydroxylation sites is 1. The highest BCUT2D eigenvalue weighted by atomic mass is 16.6. The number of benzene rings is 1. The lowest BCUT2D eigenvalue weighted by Crippen LogP contribution is -2.56. The SMILES string of the molecule is CC(C)N1C[C@@H](C)[C@@](C)(CN(C)C(=O)OC(C)(C)C)Oc2c(cccc2[N+](=O)[O-])C1=O. The number of likely N-dealkylation sites (N-methyl/N-ethyl adjacent to an activating group) is 1. The molecule has 172 valence electrons. The molecule has 0 N–H and O–H groups in total. The molecule has 0 spiro atoms. The summed E-state index contributed by atoms with van der Waals surface area (Å²) in [5.41, 5.74) is -1.82. The lowest BCUT2D eigenvalue weighted by Gasteiger charge is -2.43. The molecule has 0 saturated heterocycles. The summed E-state index contributed by atoms with van der Waals surface area (Å²) < 4.78 is 11.7. The first kappa shape index (κ1) is 24.4. The number of ether oxygens (including phenoxy) is 2. The lowest BCUT2D eigenvalue weighted by atomic mass is 9.87. The van der Waals surface area contributed by atoms with Crippen molar-refractivity contribution in [2.75, 3.05) is 20.1 Å². The molecule has 0 aromatic heterocycles. The zero-order chi connectivity index (χ0) is 23.7. The Morgan fingerprint density at radius 2 is 2.03 bits per heavy atom. The van der Waals surface area contributed by atoms with Crippen LogP contribution in [0.4, 0.5) is 10.5 Å². The number of rotatable bonds is 4. The van der Waals surface area contributed by atoms with Gasteiger partial charge in [-0.25, -0.2) is 4.79 Å². The van der Waals surface area contributed by atoms with E-state index in [2.05, 4.69) is 0 Å². The van der Waals surface area contributed by atoms with Gasteiger partial charge in [0.1, 0.15) is 11.2 Å². The summed E-state index contributed by atoms with van der Waals surface area (Å²) in [4.78, 5) is 40.0. The summed E-state index contributed by atoms with van der Waals surface area (Å²) in [6.45, 7) is 13.3. The number of nitrogens with zero attached hydrogens (tertiary/aromatic N) is 3. The maximum absolute atomic E-state index is 13.2. The number of hydrogen-bond donors (Lipinski definition) is 0. The van der Waals surface area contributed by atoms with Gasteiger partial charge in [0.2, 0.25) is 5.75 Å². The second-order valence-electron chi connectivity index (χ2n) is 9.61. The number of nitro groups is 1. The van der Waals surface area contributed by atoms with Crippen LogP contribution in [0, 0.1) is 16.0 Å². The van der Waals surface area contributed by atoms with Crippen molar-refractivity contribution in [3.63, 3.8) is 0 Å². The number of nitro benzene ring substituents is 1. The van der Waals surface area contributed by atoms with Crippen LogP contribution in [-0.2, 0) is 4.74 Å². The van der Waals surface area contributed by atoms with Crippen molar-refractivity contribution in [3.05, 3.63) is 33.9 Å². The van der Waals surface area contributed by atoms with Gasteiger partial charge in [-0.2, -0.15) is 0 Å². The Kier molecular flexibility index (Phi) is 6.87. The third-order valence-electron chi connectivity index (χ3n) is 5.41. The Bertz CT molecular complexity index is 863. The fourth-order valence-corrected chi connectivity index (χ4v) is 3.51. The van der Waals surface area contributed by atoms with E-state index in [1.54, 1.807) is 39.6 Å². The maximum Gasteiger partial charge on any atom is 0.410 e. The molecule has 0 bridgehead atoms. The summed E-state index contributed by atoms with van der Waals surface area (Å²) in [6.07, 6.45) is -0.522. The van der Waals surface area contributed by atoms with Crippen LogP contribution < -0.4 is 4.74 Å². The molecule has 0 fully saturated rings. The molecule has 2 atom stereocenters. The zero-order valence-corrected chi connectivity index (χ0v) is 19.6. The van der Waals surface area contributed by atoms with Gasteiger partial charge in [-0.1, -0.05) is 13.0 Å². The van der Waals surface area contributed by atoms with Crippen LogP contribution in [0.3, 0.4) is 0 Å². The molecule has 31 heavy (non-hydrogen) atoms. The van der Waals surface area contributed by atoms with Crippen molar-refractivity contribution in [2.24, 2.45) is 5.92 Å². The first-order chi connectivity index (χ1) is 14.2. The van der Waals surface area contributed by atoms with Crippen LogP contribution in [0.1, 0.15) is 58.8 Å². The monoisotopic (exact) mass is 435 g/mol. The van der Waals surface area contributed by atoms with E-state index in [0.29, 0.717) is 6.54 Å². The summed E-state index contributed by atoms with van der Waals surface area (Å²) in [5, 5.41) is 11.7.